The zero-order valence-electron chi connectivity index (χ0n) is 12.9. The van der Waals surface area contributed by atoms with E-state index < -0.39 is 0 Å². The Balaban J connectivity index is 2.12. The summed E-state index contributed by atoms with van der Waals surface area (Å²) in [5.41, 5.74) is 3.72. The van der Waals surface area contributed by atoms with E-state index in [2.05, 4.69) is 44.2 Å². The summed E-state index contributed by atoms with van der Waals surface area (Å²) in [7, 11) is 0. The lowest BCUT2D eigenvalue weighted by molar-refractivity contribution is 0.317. The Bertz CT molecular complexity index is 560. The van der Waals surface area contributed by atoms with Crippen molar-refractivity contribution >= 4 is 11.6 Å². The molecule has 0 spiro atoms. The van der Waals surface area contributed by atoms with Gasteiger partial charge >= 0.3 is 0 Å². The Morgan fingerprint density at radius 3 is 2.24 bits per heavy atom. The highest BCUT2D eigenvalue weighted by atomic mass is 35.5. The lowest BCUT2D eigenvalue weighted by Gasteiger charge is -2.09. The van der Waals surface area contributed by atoms with Crippen LogP contribution in [-0.4, -0.2) is 6.61 Å². The molecule has 0 aliphatic heterocycles. The van der Waals surface area contributed by atoms with Crippen LogP contribution < -0.4 is 4.74 Å². The molecule has 0 aliphatic carbocycles. The van der Waals surface area contributed by atoms with E-state index in [0.29, 0.717) is 11.6 Å². The van der Waals surface area contributed by atoms with Gasteiger partial charge in [-0.1, -0.05) is 62.2 Å². The number of aryl methyl sites for hydroxylation is 1. The van der Waals surface area contributed by atoms with Gasteiger partial charge in [-0.25, -0.2) is 0 Å². The van der Waals surface area contributed by atoms with Gasteiger partial charge in [0.05, 0.1) is 11.6 Å². The second kappa shape index (κ2) is 8.09. The van der Waals surface area contributed by atoms with Crippen LogP contribution in [-0.2, 0) is 6.42 Å². The van der Waals surface area contributed by atoms with Crippen LogP contribution >= 0.6 is 11.6 Å². The van der Waals surface area contributed by atoms with Crippen LogP contribution in [0.4, 0.5) is 0 Å². The molecule has 0 unspecified atom stereocenters. The first-order valence-electron chi connectivity index (χ1n) is 7.76. The molecule has 0 radical (unpaired) electrons. The number of hydrogen-bond acceptors (Lipinski definition) is 1. The minimum absolute atomic E-state index is 0.677. The zero-order valence-corrected chi connectivity index (χ0v) is 13.6. The maximum absolute atomic E-state index is 6.29. The first kappa shape index (κ1) is 15.9. The number of benzene rings is 2. The summed E-state index contributed by atoms with van der Waals surface area (Å²) in [5, 5.41) is 0.677. The molecule has 0 N–H and O–H groups in total. The summed E-state index contributed by atoms with van der Waals surface area (Å²) in [6.45, 7) is 5.01. The maximum atomic E-state index is 6.29. The average Bonchev–Trinajstić information content (AvgIpc) is 2.52. The van der Waals surface area contributed by atoms with Crippen LogP contribution in [0.15, 0.2) is 42.5 Å². The van der Waals surface area contributed by atoms with Gasteiger partial charge in [0.2, 0.25) is 0 Å². The third kappa shape index (κ3) is 4.50. The molecule has 0 saturated carbocycles. The third-order valence-corrected chi connectivity index (χ3v) is 3.80. The minimum atomic E-state index is 0.677. The zero-order chi connectivity index (χ0) is 15.1. The van der Waals surface area contributed by atoms with E-state index in [1.54, 1.807) is 0 Å². The molecule has 0 fully saturated rings. The number of rotatable bonds is 7. The predicted molar refractivity (Wildman–Crippen MR) is 91.3 cm³/mol. The molecular formula is C19H23ClO. The van der Waals surface area contributed by atoms with Crippen molar-refractivity contribution in [2.75, 3.05) is 6.61 Å². The predicted octanol–water partition coefficient (Wildman–Crippen LogP) is 6.14. The highest BCUT2D eigenvalue weighted by Gasteiger charge is 2.05. The SMILES string of the molecule is CCCCc1ccc(-c2ccc(OCCC)c(Cl)c2)cc1. The van der Waals surface area contributed by atoms with Crippen molar-refractivity contribution in [3.63, 3.8) is 0 Å². The highest BCUT2D eigenvalue weighted by Crippen LogP contribution is 2.30. The molecular weight excluding hydrogens is 280 g/mol. The van der Waals surface area contributed by atoms with Gasteiger partial charge in [0.15, 0.2) is 0 Å². The van der Waals surface area contributed by atoms with Crippen LogP contribution in [0.3, 0.4) is 0 Å². The van der Waals surface area contributed by atoms with E-state index >= 15 is 0 Å². The van der Waals surface area contributed by atoms with E-state index in [9.17, 15) is 0 Å². The molecule has 0 aliphatic rings. The van der Waals surface area contributed by atoms with Crippen molar-refractivity contribution in [2.45, 2.75) is 39.5 Å². The van der Waals surface area contributed by atoms with Crippen LogP contribution in [0.2, 0.25) is 5.02 Å². The van der Waals surface area contributed by atoms with E-state index in [1.807, 2.05) is 12.1 Å². The number of unbranched alkanes of at least 4 members (excludes halogenated alkanes) is 1. The van der Waals surface area contributed by atoms with Gasteiger partial charge in [0.1, 0.15) is 5.75 Å². The number of ether oxygens (including phenoxy) is 1. The van der Waals surface area contributed by atoms with E-state index in [0.717, 1.165) is 24.2 Å². The molecule has 0 aromatic heterocycles. The lowest BCUT2D eigenvalue weighted by atomic mass is 10.0. The molecule has 2 aromatic carbocycles. The standard InChI is InChI=1S/C19H23ClO/c1-3-5-6-15-7-9-16(10-8-15)17-11-12-19(18(20)14-17)21-13-4-2/h7-12,14H,3-6,13H2,1-2H3. The second-order valence-corrected chi connectivity index (χ2v) is 5.70. The maximum Gasteiger partial charge on any atom is 0.137 e. The molecule has 0 bridgehead atoms. The normalized spacial score (nSPS) is 10.6. The van der Waals surface area contributed by atoms with Gasteiger partial charge in [0.25, 0.3) is 0 Å². The first-order valence-corrected chi connectivity index (χ1v) is 8.14. The van der Waals surface area contributed by atoms with Crippen LogP contribution in [0, 0.1) is 0 Å². The molecule has 2 rings (SSSR count). The monoisotopic (exact) mass is 302 g/mol. The minimum Gasteiger partial charge on any atom is -0.492 e. The van der Waals surface area contributed by atoms with Crippen LogP contribution in [0.1, 0.15) is 38.7 Å². The Labute approximate surface area is 132 Å². The van der Waals surface area contributed by atoms with Gasteiger partial charge in [-0.3, -0.25) is 0 Å². The number of hydrogen-bond donors (Lipinski definition) is 0. The Hall–Kier alpha value is -1.47. The molecule has 1 nitrogen and oxygen atoms in total. The van der Waals surface area contributed by atoms with Crippen molar-refractivity contribution in [3.8, 4) is 16.9 Å². The smallest absolute Gasteiger partial charge is 0.137 e. The first-order chi connectivity index (χ1) is 10.2. The third-order valence-electron chi connectivity index (χ3n) is 3.50. The average molecular weight is 303 g/mol. The van der Waals surface area contributed by atoms with Gasteiger partial charge in [-0.2, -0.15) is 0 Å². The van der Waals surface area contributed by atoms with Crippen molar-refractivity contribution in [2.24, 2.45) is 0 Å². The molecule has 0 amide bonds. The molecule has 0 saturated heterocycles. The van der Waals surface area contributed by atoms with Gasteiger partial charge in [0, 0.05) is 0 Å². The second-order valence-electron chi connectivity index (χ2n) is 5.29. The Kier molecular flexibility index (Phi) is 6.13. The topological polar surface area (TPSA) is 9.23 Å². The van der Waals surface area contributed by atoms with Crippen molar-refractivity contribution < 1.29 is 4.74 Å². The Morgan fingerprint density at radius 2 is 1.62 bits per heavy atom. The summed E-state index contributed by atoms with van der Waals surface area (Å²) in [6, 6.07) is 14.8. The van der Waals surface area contributed by atoms with Crippen molar-refractivity contribution in [1.29, 1.82) is 0 Å². The van der Waals surface area contributed by atoms with Crippen LogP contribution in [0.5, 0.6) is 5.75 Å². The summed E-state index contributed by atoms with van der Waals surface area (Å²) in [4.78, 5) is 0. The van der Waals surface area contributed by atoms with E-state index in [-0.39, 0.29) is 0 Å². The van der Waals surface area contributed by atoms with Gasteiger partial charge in [-0.15, -0.1) is 0 Å². The fourth-order valence-corrected chi connectivity index (χ4v) is 2.49. The molecule has 0 atom stereocenters. The fourth-order valence-electron chi connectivity index (χ4n) is 2.25. The summed E-state index contributed by atoms with van der Waals surface area (Å²) < 4.78 is 5.61. The summed E-state index contributed by atoms with van der Waals surface area (Å²) in [5.74, 6) is 0.766. The quantitative estimate of drug-likeness (QED) is 0.597. The summed E-state index contributed by atoms with van der Waals surface area (Å²) in [6.07, 6.45) is 4.61. The van der Waals surface area contributed by atoms with E-state index in [1.165, 1.54) is 24.0 Å². The van der Waals surface area contributed by atoms with Gasteiger partial charge in [-0.05, 0) is 48.1 Å². The number of halogens is 1. The fraction of sp³-hybridized carbons (Fsp3) is 0.368. The molecule has 2 heteroatoms. The Morgan fingerprint density at radius 1 is 0.905 bits per heavy atom. The molecule has 112 valence electrons. The highest BCUT2D eigenvalue weighted by molar-refractivity contribution is 6.32. The molecule has 21 heavy (non-hydrogen) atoms. The lowest BCUT2D eigenvalue weighted by Crippen LogP contribution is -1.95. The van der Waals surface area contributed by atoms with Gasteiger partial charge < -0.3 is 4.74 Å². The van der Waals surface area contributed by atoms with E-state index in [4.69, 9.17) is 16.3 Å². The molecule has 2 aromatic rings. The van der Waals surface area contributed by atoms with Crippen molar-refractivity contribution in [3.05, 3.63) is 53.1 Å². The summed E-state index contributed by atoms with van der Waals surface area (Å²) >= 11 is 6.29. The largest absolute Gasteiger partial charge is 0.492 e. The van der Waals surface area contributed by atoms with Crippen molar-refractivity contribution in [1.82, 2.24) is 0 Å². The molecule has 0 heterocycles. The van der Waals surface area contributed by atoms with Crippen LogP contribution in [0.25, 0.3) is 11.1 Å².